The Morgan fingerprint density at radius 3 is 1.49 bits per heavy atom. The molecule has 0 aromatic heterocycles. The maximum atomic E-state index is 12.9. The van der Waals surface area contributed by atoms with Crippen molar-refractivity contribution >= 4 is 23.8 Å². The van der Waals surface area contributed by atoms with E-state index in [1.165, 1.54) is 41.3 Å². The van der Waals surface area contributed by atoms with Crippen LogP contribution in [0.1, 0.15) is 41.4 Å². The zero-order valence-corrected chi connectivity index (χ0v) is 19.0. The van der Waals surface area contributed by atoms with Crippen LogP contribution >= 0.6 is 0 Å². The van der Waals surface area contributed by atoms with Gasteiger partial charge >= 0.3 is 11.9 Å². The summed E-state index contributed by atoms with van der Waals surface area (Å²) in [6.45, 7) is -1.61. The van der Waals surface area contributed by atoms with E-state index in [2.05, 4.69) is 0 Å². The quantitative estimate of drug-likeness (QED) is 0.286. The molecular formula is C24H28N2O9. The van der Waals surface area contributed by atoms with Gasteiger partial charge in [-0.25, -0.2) is 9.59 Å². The average Bonchev–Trinajstić information content (AvgIpc) is 2.87. The molecule has 0 bridgehead atoms. The lowest BCUT2D eigenvalue weighted by atomic mass is 10.1. The fourth-order valence-corrected chi connectivity index (χ4v) is 3.36. The van der Waals surface area contributed by atoms with Crippen LogP contribution in [-0.4, -0.2) is 107 Å². The van der Waals surface area contributed by atoms with Crippen LogP contribution in [0.15, 0.2) is 48.5 Å². The molecule has 0 aliphatic heterocycles. The molecule has 11 heteroatoms. The largest absolute Gasteiger partial charge is 0.478 e. The Balaban J connectivity index is 2.13. The molecule has 0 aliphatic rings. The topological polar surface area (TPSA) is 165 Å². The molecule has 35 heavy (non-hydrogen) atoms. The average molecular weight is 488 g/mol. The third-order valence-corrected chi connectivity index (χ3v) is 5.04. The van der Waals surface area contributed by atoms with Gasteiger partial charge in [-0.05, 0) is 24.3 Å². The van der Waals surface area contributed by atoms with Crippen molar-refractivity contribution in [3.63, 3.8) is 0 Å². The summed E-state index contributed by atoms with van der Waals surface area (Å²) < 4.78 is 5.26. The molecule has 4 N–H and O–H groups in total. The Morgan fingerprint density at radius 2 is 1.03 bits per heavy atom. The fourth-order valence-electron chi connectivity index (χ4n) is 3.36. The highest BCUT2D eigenvalue weighted by Gasteiger charge is 2.24. The normalized spacial score (nSPS) is 10.5. The van der Waals surface area contributed by atoms with Crippen LogP contribution < -0.4 is 0 Å². The van der Waals surface area contributed by atoms with Crippen molar-refractivity contribution in [1.29, 1.82) is 0 Å². The summed E-state index contributed by atoms with van der Waals surface area (Å²) in [5, 5.41) is 37.0. The number of ether oxygens (including phenoxy) is 1. The van der Waals surface area contributed by atoms with Gasteiger partial charge in [-0.2, -0.15) is 0 Å². The predicted octanol–water partition coefficient (Wildman–Crippen LogP) is 0.103. The number of carboxylic acids is 1. The highest BCUT2D eigenvalue weighted by molar-refractivity contribution is 6.06. The number of hydrogen-bond donors (Lipinski definition) is 4. The van der Waals surface area contributed by atoms with Crippen molar-refractivity contribution in [2.75, 3.05) is 52.6 Å². The number of aliphatic hydroxyl groups excluding tert-OH is 3. The molecule has 2 aromatic rings. The van der Waals surface area contributed by atoms with Crippen LogP contribution in [0.5, 0.6) is 0 Å². The monoisotopic (exact) mass is 488 g/mol. The van der Waals surface area contributed by atoms with Gasteiger partial charge in [0.05, 0.1) is 48.6 Å². The third-order valence-electron chi connectivity index (χ3n) is 5.04. The van der Waals surface area contributed by atoms with E-state index < -0.39 is 30.4 Å². The predicted molar refractivity (Wildman–Crippen MR) is 123 cm³/mol. The van der Waals surface area contributed by atoms with Crippen LogP contribution in [0, 0.1) is 0 Å². The molecule has 2 amide bonds. The second-order valence-electron chi connectivity index (χ2n) is 7.29. The Kier molecular flexibility index (Phi) is 10.8. The summed E-state index contributed by atoms with van der Waals surface area (Å²) in [6.07, 6.45) is 0. The molecule has 2 rings (SSSR count). The number of aromatic carboxylic acids is 1. The zero-order valence-electron chi connectivity index (χ0n) is 19.0. The Labute approximate surface area is 201 Å². The molecule has 0 unspecified atom stereocenters. The standard InChI is InChI=1S/C24H28N2O9/c27-13-9-25(10-14-28)22(31)18-6-2-4-8-20(18)24(34)35-16-12-26(11-15-29)21(30)17-5-1-3-7-19(17)23(32)33/h1-8,27-29H,9-16H2,(H,32,33). The van der Waals surface area contributed by atoms with Crippen LogP contribution in [0.2, 0.25) is 0 Å². The van der Waals surface area contributed by atoms with Gasteiger partial charge in [-0.3, -0.25) is 9.59 Å². The lowest BCUT2D eigenvalue weighted by Gasteiger charge is -2.23. The minimum absolute atomic E-state index is 0.0260. The number of carboxylic acid groups (broad SMARTS) is 1. The Bertz CT molecular complexity index is 1040. The third kappa shape index (κ3) is 7.34. The van der Waals surface area contributed by atoms with E-state index in [0.29, 0.717) is 0 Å². The van der Waals surface area contributed by atoms with Gasteiger partial charge in [0.15, 0.2) is 0 Å². The number of nitrogens with zero attached hydrogens (tertiary/aromatic N) is 2. The van der Waals surface area contributed by atoms with Gasteiger partial charge < -0.3 is 35.0 Å². The molecule has 0 saturated heterocycles. The van der Waals surface area contributed by atoms with Crippen molar-refractivity contribution in [3.05, 3.63) is 70.8 Å². The first-order chi connectivity index (χ1) is 16.8. The van der Waals surface area contributed by atoms with E-state index in [1.807, 2.05) is 0 Å². The fraction of sp³-hybridized carbons (Fsp3) is 0.333. The first-order valence-electron chi connectivity index (χ1n) is 10.8. The molecule has 2 aromatic carbocycles. The summed E-state index contributed by atoms with van der Waals surface area (Å²) in [4.78, 5) is 52.2. The molecule has 0 heterocycles. The number of esters is 1. The van der Waals surface area contributed by atoms with Crippen molar-refractivity contribution in [3.8, 4) is 0 Å². The molecule has 0 fully saturated rings. The summed E-state index contributed by atoms with van der Waals surface area (Å²) >= 11 is 0. The van der Waals surface area contributed by atoms with Crippen molar-refractivity contribution in [2.45, 2.75) is 0 Å². The lowest BCUT2D eigenvalue weighted by molar-refractivity contribution is 0.0418. The summed E-state index contributed by atoms with van der Waals surface area (Å²) in [6, 6.07) is 11.6. The van der Waals surface area contributed by atoms with E-state index in [4.69, 9.17) is 4.74 Å². The van der Waals surface area contributed by atoms with Crippen LogP contribution in [0.3, 0.4) is 0 Å². The number of carbonyl (C=O) groups excluding carboxylic acids is 3. The highest BCUT2D eigenvalue weighted by atomic mass is 16.5. The molecular weight excluding hydrogens is 460 g/mol. The minimum atomic E-state index is -1.28. The van der Waals surface area contributed by atoms with E-state index in [1.54, 1.807) is 12.1 Å². The summed E-state index contributed by atoms with van der Waals surface area (Å²) in [5.41, 5.74) is -0.267. The first-order valence-corrected chi connectivity index (χ1v) is 10.8. The van der Waals surface area contributed by atoms with Crippen molar-refractivity contribution in [2.24, 2.45) is 0 Å². The smallest absolute Gasteiger partial charge is 0.339 e. The molecule has 0 spiro atoms. The molecule has 0 aliphatic carbocycles. The van der Waals surface area contributed by atoms with Crippen LogP contribution in [-0.2, 0) is 4.74 Å². The SMILES string of the molecule is O=C(O)c1ccccc1C(=O)N(CCO)CCOC(=O)c1ccccc1C(=O)N(CCO)CCO. The van der Waals surface area contributed by atoms with E-state index in [9.17, 15) is 39.6 Å². The van der Waals surface area contributed by atoms with E-state index in [-0.39, 0.29) is 68.3 Å². The van der Waals surface area contributed by atoms with Gasteiger partial charge in [0.25, 0.3) is 11.8 Å². The summed E-state index contributed by atoms with van der Waals surface area (Å²) in [7, 11) is 0. The van der Waals surface area contributed by atoms with Gasteiger partial charge in [0.2, 0.25) is 0 Å². The lowest BCUT2D eigenvalue weighted by Crippen LogP contribution is -2.38. The van der Waals surface area contributed by atoms with Gasteiger partial charge in [-0.1, -0.05) is 24.3 Å². The van der Waals surface area contributed by atoms with E-state index >= 15 is 0 Å². The Morgan fingerprint density at radius 1 is 0.629 bits per heavy atom. The number of carbonyl (C=O) groups is 4. The molecule has 0 radical (unpaired) electrons. The molecule has 188 valence electrons. The van der Waals surface area contributed by atoms with Crippen molar-refractivity contribution in [1.82, 2.24) is 9.80 Å². The van der Waals surface area contributed by atoms with Gasteiger partial charge in [0, 0.05) is 19.6 Å². The minimum Gasteiger partial charge on any atom is -0.478 e. The summed E-state index contributed by atoms with van der Waals surface area (Å²) in [5.74, 6) is -3.32. The van der Waals surface area contributed by atoms with Gasteiger partial charge in [-0.15, -0.1) is 0 Å². The molecule has 0 atom stereocenters. The van der Waals surface area contributed by atoms with Crippen LogP contribution in [0.4, 0.5) is 0 Å². The number of rotatable bonds is 13. The maximum absolute atomic E-state index is 12.9. The van der Waals surface area contributed by atoms with Gasteiger partial charge in [0.1, 0.15) is 6.61 Å². The second kappa shape index (κ2) is 13.8. The Hall–Kier alpha value is -3.80. The molecule has 0 saturated carbocycles. The highest BCUT2D eigenvalue weighted by Crippen LogP contribution is 2.15. The number of benzene rings is 2. The number of amides is 2. The van der Waals surface area contributed by atoms with E-state index in [0.717, 1.165) is 4.90 Å². The second-order valence-corrected chi connectivity index (χ2v) is 7.29. The zero-order chi connectivity index (χ0) is 25.8. The number of hydrogen-bond acceptors (Lipinski definition) is 8. The number of aliphatic hydroxyl groups is 3. The maximum Gasteiger partial charge on any atom is 0.339 e. The van der Waals surface area contributed by atoms with Crippen molar-refractivity contribution < 1.29 is 44.3 Å². The first kappa shape index (κ1) is 27.4. The van der Waals surface area contributed by atoms with Crippen LogP contribution in [0.25, 0.3) is 0 Å². The molecule has 11 nitrogen and oxygen atoms in total.